The van der Waals surface area contributed by atoms with Gasteiger partial charge in [0.25, 0.3) is 11.8 Å². The molecular weight excluding hydrogens is 502 g/mol. The number of alkyl halides is 3. The van der Waals surface area contributed by atoms with E-state index >= 15 is 0 Å². The predicted molar refractivity (Wildman–Crippen MR) is 133 cm³/mol. The molecule has 0 spiro atoms. The van der Waals surface area contributed by atoms with Gasteiger partial charge in [0.05, 0.1) is 29.7 Å². The number of ether oxygens (including phenoxy) is 1. The van der Waals surface area contributed by atoms with Crippen molar-refractivity contribution in [3.8, 4) is 11.4 Å². The van der Waals surface area contributed by atoms with Gasteiger partial charge in [-0.3, -0.25) is 9.59 Å². The number of carbonyl (C=O) groups excluding carboxylic acids is 2. The number of aromatic nitrogens is 1. The number of hydrogen-bond donors (Lipinski definition) is 1. The van der Waals surface area contributed by atoms with Crippen molar-refractivity contribution in [3.63, 3.8) is 0 Å². The van der Waals surface area contributed by atoms with Crippen molar-refractivity contribution in [2.45, 2.75) is 12.6 Å². The van der Waals surface area contributed by atoms with Gasteiger partial charge in [-0.2, -0.15) is 13.2 Å². The fourth-order valence-corrected chi connectivity index (χ4v) is 4.47. The highest BCUT2D eigenvalue weighted by Crippen LogP contribution is 2.33. The van der Waals surface area contributed by atoms with Crippen LogP contribution >= 0.6 is 0 Å². The number of nitrogens with zero attached hydrogens (tertiary/aromatic N) is 2. The number of carbonyl (C=O) groups is 2. The molecule has 1 aromatic heterocycles. The second-order valence-electron chi connectivity index (χ2n) is 8.66. The fraction of sp³-hybridized carbons (Fsp3) is 0.143. The maximum atomic E-state index is 13.8. The molecule has 2 amide bonds. The molecule has 2 heterocycles. The van der Waals surface area contributed by atoms with Gasteiger partial charge in [0.15, 0.2) is 0 Å². The summed E-state index contributed by atoms with van der Waals surface area (Å²) in [6, 6.07) is 17.4. The molecule has 0 unspecified atom stereocenters. The monoisotopic (exact) mass is 523 g/mol. The standard InChI is InChI=1S/C28H21F4N3O3/c1-38-25-15-17(8-9-22(25)33-26(36)18-13-19(28(30,31)32)16-20(29)14-18)27(37)35-12-10-21-5-4-11-34(21)23-6-2-3-7-24(23)35/h2-9,11,13-16H,10,12H2,1H3,(H,33,36). The number of fused-ring (bicyclic) bond motifs is 3. The molecule has 3 aromatic carbocycles. The third-order valence-electron chi connectivity index (χ3n) is 6.29. The van der Waals surface area contributed by atoms with E-state index in [1.54, 1.807) is 4.90 Å². The predicted octanol–water partition coefficient (Wildman–Crippen LogP) is 6.10. The molecule has 0 aliphatic carbocycles. The molecule has 1 N–H and O–H groups in total. The number of amides is 2. The van der Waals surface area contributed by atoms with Gasteiger partial charge in [0.2, 0.25) is 0 Å². The number of para-hydroxylation sites is 2. The Balaban J connectivity index is 1.42. The van der Waals surface area contributed by atoms with Crippen molar-refractivity contribution < 1.29 is 31.9 Å². The zero-order valence-corrected chi connectivity index (χ0v) is 20.1. The number of nitrogens with one attached hydrogen (secondary N) is 1. The van der Waals surface area contributed by atoms with E-state index in [0.29, 0.717) is 31.2 Å². The summed E-state index contributed by atoms with van der Waals surface area (Å²) in [6.07, 6.45) is -2.24. The molecule has 0 fully saturated rings. The molecule has 1 aliphatic heterocycles. The summed E-state index contributed by atoms with van der Waals surface area (Å²) >= 11 is 0. The van der Waals surface area contributed by atoms with Gasteiger partial charge in [-0.15, -0.1) is 0 Å². The summed E-state index contributed by atoms with van der Waals surface area (Å²) in [7, 11) is 1.33. The van der Waals surface area contributed by atoms with Crippen LogP contribution in [-0.2, 0) is 12.6 Å². The highest BCUT2D eigenvalue weighted by atomic mass is 19.4. The summed E-state index contributed by atoms with van der Waals surface area (Å²) < 4.78 is 60.3. The minimum absolute atomic E-state index is 0.110. The lowest BCUT2D eigenvalue weighted by Gasteiger charge is -2.23. The molecule has 0 atom stereocenters. The fourth-order valence-electron chi connectivity index (χ4n) is 4.47. The zero-order chi connectivity index (χ0) is 27.0. The Bertz CT molecular complexity index is 1540. The molecule has 4 aromatic rings. The SMILES string of the molecule is COc1cc(C(=O)N2CCc3cccn3-c3ccccc32)ccc1NC(=O)c1cc(F)cc(C(F)(F)F)c1. The maximum Gasteiger partial charge on any atom is 0.416 e. The van der Waals surface area contributed by atoms with Crippen LogP contribution in [0.2, 0.25) is 0 Å². The lowest BCUT2D eigenvalue weighted by Crippen LogP contribution is -2.32. The topological polar surface area (TPSA) is 63.6 Å². The van der Waals surface area contributed by atoms with Gasteiger partial charge in [0, 0.05) is 36.0 Å². The Morgan fingerprint density at radius 2 is 1.68 bits per heavy atom. The van der Waals surface area contributed by atoms with E-state index in [-0.39, 0.29) is 22.9 Å². The Hall–Kier alpha value is -4.60. The summed E-state index contributed by atoms with van der Waals surface area (Å²) in [5.74, 6) is -2.33. The van der Waals surface area contributed by atoms with E-state index in [9.17, 15) is 27.2 Å². The lowest BCUT2D eigenvalue weighted by atomic mass is 10.1. The molecular formula is C28H21F4N3O3. The largest absolute Gasteiger partial charge is 0.495 e. The molecule has 0 saturated carbocycles. The van der Waals surface area contributed by atoms with Crippen LogP contribution < -0.4 is 15.0 Å². The van der Waals surface area contributed by atoms with E-state index < -0.39 is 29.0 Å². The Labute approximate surface area is 215 Å². The van der Waals surface area contributed by atoms with Crippen LogP contribution in [0, 0.1) is 5.82 Å². The number of halogens is 4. The van der Waals surface area contributed by atoms with E-state index in [1.165, 1.54) is 25.3 Å². The molecule has 194 valence electrons. The first kappa shape index (κ1) is 25.1. The van der Waals surface area contributed by atoms with Gasteiger partial charge in [-0.1, -0.05) is 12.1 Å². The minimum Gasteiger partial charge on any atom is -0.495 e. The van der Waals surface area contributed by atoms with E-state index in [1.807, 2.05) is 47.2 Å². The Kier molecular flexibility index (Phi) is 6.40. The van der Waals surface area contributed by atoms with Crippen LogP contribution in [0.4, 0.5) is 28.9 Å². The molecule has 38 heavy (non-hydrogen) atoms. The third-order valence-corrected chi connectivity index (χ3v) is 6.29. The van der Waals surface area contributed by atoms with E-state index in [4.69, 9.17) is 4.74 Å². The zero-order valence-electron chi connectivity index (χ0n) is 20.1. The third kappa shape index (κ3) is 4.72. The molecule has 10 heteroatoms. The van der Waals surface area contributed by atoms with Gasteiger partial charge >= 0.3 is 6.18 Å². The second kappa shape index (κ2) is 9.70. The first-order chi connectivity index (χ1) is 18.2. The smallest absolute Gasteiger partial charge is 0.416 e. The lowest BCUT2D eigenvalue weighted by molar-refractivity contribution is -0.137. The minimum atomic E-state index is -4.81. The van der Waals surface area contributed by atoms with Gasteiger partial charge in [-0.05, 0) is 60.7 Å². The van der Waals surface area contributed by atoms with Crippen molar-refractivity contribution in [3.05, 3.63) is 107 Å². The molecule has 6 nitrogen and oxygen atoms in total. The molecule has 0 bridgehead atoms. The van der Waals surface area contributed by atoms with Crippen LogP contribution in [0.15, 0.2) is 79.0 Å². The van der Waals surface area contributed by atoms with Gasteiger partial charge in [-0.25, -0.2) is 4.39 Å². The number of anilines is 2. The Morgan fingerprint density at radius 3 is 2.42 bits per heavy atom. The van der Waals surface area contributed by atoms with Crippen molar-refractivity contribution in [1.82, 2.24) is 4.57 Å². The summed E-state index contributed by atoms with van der Waals surface area (Å²) in [5, 5.41) is 2.44. The number of benzene rings is 3. The van der Waals surface area contributed by atoms with Gasteiger partial charge < -0.3 is 19.5 Å². The van der Waals surface area contributed by atoms with Crippen LogP contribution in [0.3, 0.4) is 0 Å². The van der Waals surface area contributed by atoms with Crippen molar-refractivity contribution in [2.75, 3.05) is 23.9 Å². The molecule has 5 rings (SSSR count). The maximum absolute atomic E-state index is 13.8. The number of hydrogen-bond acceptors (Lipinski definition) is 3. The molecule has 0 saturated heterocycles. The molecule has 1 aliphatic rings. The van der Waals surface area contributed by atoms with Crippen LogP contribution in [-0.4, -0.2) is 30.0 Å². The normalized spacial score (nSPS) is 12.8. The van der Waals surface area contributed by atoms with Crippen molar-refractivity contribution in [1.29, 1.82) is 0 Å². The highest BCUT2D eigenvalue weighted by molar-refractivity contribution is 6.09. The molecule has 0 radical (unpaired) electrons. The van der Waals surface area contributed by atoms with E-state index in [2.05, 4.69) is 5.32 Å². The van der Waals surface area contributed by atoms with Crippen LogP contribution in [0.1, 0.15) is 32.0 Å². The quantitative estimate of drug-likeness (QED) is 0.329. The highest BCUT2D eigenvalue weighted by Gasteiger charge is 2.32. The van der Waals surface area contributed by atoms with Crippen LogP contribution in [0.25, 0.3) is 5.69 Å². The van der Waals surface area contributed by atoms with Crippen molar-refractivity contribution >= 4 is 23.2 Å². The van der Waals surface area contributed by atoms with Crippen LogP contribution in [0.5, 0.6) is 5.75 Å². The Morgan fingerprint density at radius 1 is 0.921 bits per heavy atom. The van der Waals surface area contributed by atoms with E-state index in [0.717, 1.165) is 17.1 Å². The number of methoxy groups -OCH3 is 1. The number of rotatable bonds is 4. The average molecular weight is 523 g/mol. The van der Waals surface area contributed by atoms with Gasteiger partial charge in [0.1, 0.15) is 11.6 Å². The summed E-state index contributed by atoms with van der Waals surface area (Å²) in [4.78, 5) is 27.9. The summed E-state index contributed by atoms with van der Waals surface area (Å²) in [5.41, 5.74) is 1.27. The summed E-state index contributed by atoms with van der Waals surface area (Å²) in [6.45, 7) is 0.432. The second-order valence-corrected chi connectivity index (χ2v) is 8.66. The first-order valence-electron chi connectivity index (χ1n) is 11.6. The average Bonchev–Trinajstić information content (AvgIpc) is 3.30. The first-order valence-corrected chi connectivity index (χ1v) is 11.6. The van der Waals surface area contributed by atoms with Crippen molar-refractivity contribution in [2.24, 2.45) is 0 Å².